The first-order valence-corrected chi connectivity index (χ1v) is 9.82. The maximum atomic E-state index is 12.4. The van der Waals surface area contributed by atoms with Gasteiger partial charge in [-0.1, -0.05) is 70.2 Å². The van der Waals surface area contributed by atoms with Crippen molar-refractivity contribution in [2.24, 2.45) is 0 Å². The van der Waals surface area contributed by atoms with Gasteiger partial charge in [0.25, 0.3) is 0 Å². The Balaban J connectivity index is 1.59. The Morgan fingerprint density at radius 1 is 1.19 bits per heavy atom. The lowest BCUT2D eigenvalue weighted by Gasteiger charge is -2.17. The first kappa shape index (κ1) is 18.5. The van der Waals surface area contributed by atoms with E-state index in [2.05, 4.69) is 20.9 Å². The first-order valence-electron chi connectivity index (χ1n) is 8.04. The molecule has 5 nitrogen and oxygen atoms in total. The second-order valence-corrected chi connectivity index (χ2v) is 7.71. The molecule has 0 atom stereocenters. The van der Waals surface area contributed by atoms with Gasteiger partial charge in [-0.2, -0.15) is 0 Å². The fourth-order valence-electron chi connectivity index (χ4n) is 2.42. The second kappa shape index (κ2) is 8.42. The minimum Gasteiger partial charge on any atom is -0.341 e. The smallest absolute Gasteiger partial charge is 0.233 e. The van der Waals surface area contributed by atoms with E-state index in [9.17, 15) is 4.79 Å². The SMILES string of the molecule is CN(Cc1ccc(Br)cc1)C(=O)CSc1nc(-c2ccccc2)cn1N. The van der Waals surface area contributed by atoms with Crippen LogP contribution in [-0.4, -0.2) is 33.3 Å². The van der Waals surface area contributed by atoms with Gasteiger partial charge in [-0.25, -0.2) is 9.66 Å². The normalized spacial score (nSPS) is 10.7. The van der Waals surface area contributed by atoms with E-state index in [0.717, 1.165) is 21.3 Å². The molecule has 7 heteroatoms. The first-order chi connectivity index (χ1) is 12.5. The number of amides is 1. The number of aromatic nitrogens is 2. The Morgan fingerprint density at radius 2 is 1.88 bits per heavy atom. The lowest BCUT2D eigenvalue weighted by molar-refractivity contribution is -0.127. The van der Waals surface area contributed by atoms with Crippen molar-refractivity contribution in [3.8, 4) is 11.3 Å². The van der Waals surface area contributed by atoms with E-state index in [1.165, 1.54) is 16.4 Å². The topological polar surface area (TPSA) is 64.2 Å². The van der Waals surface area contributed by atoms with Crippen LogP contribution in [0.25, 0.3) is 11.3 Å². The van der Waals surface area contributed by atoms with Gasteiger partial charge < -0.3 is 10.7 Å². The van der Waals surface area contributed by atoms with E-state index < -0.39 is 0 Å². The minimum atomic E-state index is 0.0298. The van der Waals surface area contributed by atoms with Gasteiger partial charge in [-0.05, 0) is 17.7 Å². The third-order valence-electron chi connectivity index (χ3n) is 3.85. The van der Waals surface area contributed by atoms with Gasteiger partial charge >= 0.3 is 0 Å². The molecule has 0 radical (unpaired) electrons. The quantitative estimate of drug-likeness (QED) is 0.477. The summed E-state index contributed by atoms with van der Waals surface area (Å²) < 4.78 is 2.49. The lowest BCUT2D eigenvalue weighted by atomic mass is 10.2. The maximum Gasteiger partial charge on any atom is 0.233 e. The van der Waals surface area contributed by atoms with Crippen molar-refractivity contribution in [1.29, 1.82) is 0 Å². The third-order valence-corrected chi connectivity index (χ3v) is 5.33. The summed E-state index contributed by atoms with van der Waals surface area (Å²) in [6.07, 6.45) is 1.77. The molecule has 0 aliphatic heterocycles. The number of hydrogen-bond acceptors (Lipinski definition) is 4. The van der Waals surface area contributed by atoms with Crippen LogP contribution in [0, 0.1) is 0 Å². The molecule has 0 saturated carbocycles. The average Bonchev–Trinajstić information content (AvgIpc) is 3.03. The highest BCUT2D eigenvalue weighted by molar-refractivity contribution is 9.10. The van der Waals surface area contributed by atoms with Crippen LogP contribution in [0.1, 0.15) is 5.56 Å². The van der Waals surface area contributed by atoms with E-state index >= 15 is 0 Å². The largest absolute Gasteiger partial charge is 0.341 e. The molecular weight excluding hydrogens is 412 g/mol. The standard InChI is InChI=1S/C19H19BrN4OS/c1-23(11-14-7-9-16(20)10-8-14)18(25)13-26-19-22-17(12-24(19)21)15-5-3-2-4-6-15/h2-10,12H,11,13,21H2,1H3. The number of carbonyl (C=O) groups excluding carboxylic acids is 1. The molecule has 0 bridgehead atoms. The van der Waals surface area contributed by atoms with Crippen LogP contribution in [0.2, 0.25) is 0 Å². The zero-order chi connectivity index (χ0) is 18.5. The summed E-state index contributed by atoms with van der Waals surface area (Å²) in [6.45, 7) is 0.568. The number of halogens is 1. The number of hydrogen-bond donors (Lipinski definition) is 1. The summed E-state index contributed by atoms with van der Waals surface area (Å²) in [6, 6.07) is 17.8. The van der Waals surface area contributed by atoms with E-state index in [0.29, 0.717) is 11.7 Å². The van der Waals surface area contributed by atoms with Gasteiger partial charge in [0.1, 0.15) is 0 Å². The highest BCUT2D eigenvalue weighted by Gasteiger charge is 2.14. The van der Waals surface area contributed by atoms with Crippen LogP contribution in [0.15, 0.2) is 70.4 Å². The molecule has 2 aromatic carbocycles. The van der Waals surface area contributed by atoms with Gasteiger partial charge in [0.15, 0.2) is 5.16 Å². The molecular formula is C19H19BrN4OS. The highest BCUT2D eigenvalue weighted by atomic mass is 79.9. The van der Waals surface area contributed by atoms with Crippen molar-refractivity contribution < 1.29 is 4.79 Å². The molecule has 0 saturated heterocycles. The van der Waals surface area contributed by atoms with E-state index in [4.69, 9.17) is 5.84 Å². The monoisotopic (exact) mass is 430 g/mol. The maximum absolute atomic E-state index is 12.4. The lowest BCUT2D eigenvalue weighted by Crippen LogP contribution is -2.28. The summed E-state index contributed by atoms with van der Waals surface area (Å²) in [5.41, 5.74) is 2.88. The van der Waals surface area contributed by atoms with Crippen LogP contribution in [0.5, 0.6) is 0 Å². The number of thioether (sulfide) groups is 1. The summed E-state index contributed by atoms with van der Waals surface area (Å²) >= 11 is 4.75. The van der Waals surface area contributed by atoms with Gasteiger partial charge in [-0.15, -0.1) is 0 Å². The molecule has 1 amide bonds. The summed E-state index contributed by atoms with van der Waals surface area (Å²) in [5, 5.41) is 0.620. The predicted octanol–water partition coefficient (Wildman–Crippen LogP) is 3.78. The Morgan fingerprint density at radius 3 is 2.58 bits per heavy atom. The van der Waals surface area contributed by atoms with Crippen molar-refractivity contribution in [2.75, 3.05) is 18.6 Å². The Bertz CT molecular complexity index is 880. The molecule has 0 fully saturated rings. The van der Waals surface area contributed by atoms with Crippen LogP contribution >= 0.6 is 27.7 Å². The third kappa shape index (κ3) is 4.68. The van der Waals surface area contributed by atoms with Crippen LogP contribution in [0.4, 0.5) is 0 Å². The number of nitrogens with zero attached hydrogens (tertiary/aromatic N) is 3. The van der Waals surface area contributed by atoms with Crippen LogP contribution in [0.3, 0.4) is 0 Å². The van der Waals surface area contributed by atoms with Gasteiger partial charge in [-0.3, -0.25) is 4.79 Å². The van der Waals surface area contributed by atoms with Crippen molar-refractivity contribution >= 4 is 33.6 Å². The van der Waals surface area contributed by atoms with E-state index in [1.54, 1.807) is 18.1 Å². The molecule has 134 valence electrons. The van der Waals surface area contributed by atoms with Gasteiger partial charge in [0, 0.05) is 23.6 Å². The fourth-order valence-corrected chi connectivity index (χ4v) is 3.52. The number of nitrogens with two attached hydrogens (primary N) is 1. The molecule has 3 aromatic rings. The number of nitrogen functional groups attached to an aromatic ring is 1. The summed E-state index contributed by atoms with van der Waals surface area (Å²) in [4.78, 5) is 18.6. The van der Waals surface area contributed by atoms with Gasteiger partial charge in [0.2, 0.25) is 5.91 Å². The predicted molar refractivity (Wildman–Crippen MR) is 109 cm³/mol. The minimum absolute atomic E-state index is 0.0298. The van der Waals surface area contributed by atoms with Crippen molar-refractivity contribution in [1.82, 2.24) is 14.6 Å². The Hall–Kier alpha value is -2.25. The molecule has 26 heavy (non-hydrogen) atoms. The Labute approximate surface area is 165 Å². The molecule has 1 heterocycles. The van der Waals surface area contributed by atoms with Crippen molar-refractivity contribution in [3.05, 3.63) is 70.8 Å². The summed E-state index contributed by atoms with van der Waals surface area (Å²) in [5.74, 6) is 6.30. The van der Waals surface area contributed by atoms with Gasteiger partial charge in [0.05, 0.1) is 17.6 Å². The molecule has 0 aliphatic rings. The summed E-state index contributed by atoms with van der Waals surface area (Å²) in [7, 11) is 1.80. The molecule has 1 aromatic heterocycles. The van der Waals surface area contributed by atoms with Crippen LogP contribution in [-0.2, 0) is 11.3 Å². The Kier molecular flexibility index (Phi) is 6.00. The number of benzene rings is 2. The molecule has 0 spiro atoms. The number of imidazole rings is 1. The average molecular weight is 431 g/mol. The zero-order valence-corrected chi connectivity index (χ0v) is 16.7. The molecule has 3 rings (SSSR count). The molecule has 2 N–H and O–H groups in total. The van der Waals surface area contributed by atoms with Crippen LogP contribution < -0.4 is 5.84 Å². The second-order valence-electron chi connectivity index (χ2n) is 5.85. The highest BCUT2D eigenvalue weighted by Crippen LogP contribution is 2.23. The van der Waals surface area contributed by atoms with E-state index in [1.807, 2.05) is 54.6 Å². The fraction of sp³-hybridized carbons (Fsp3) is 0.158. The van der Waals surface area contributed by atoms with E-state index in [-0.39, 0.29) is 11.7 Å². The van der Waals surface area contributed by atoms with Crippen molar-refractivity contribution in [2.45, 2.75) is 11.7 Å². The van der Waals surface area contributed by atoms with Crippen molar-refractivity contribution in [3.63, 3.8) is 0 Å². The number of carbonyl (C=O) groups is 1. The zero-order valence-electron chi connectivity index (χ0n) is 14.3. The molecule has 0 aliphatic carbocycles. The molecule has 0 unspecified atom stereocenters. The number of rotatable bonds is 6.